The van der Waals surface area contributed by atoms with Crippen LogP contribution >= 0.6 is 0 Å². The highest BCUT2D eigenvalue weighted by molar-refractivity contribution is 5.71. The zero-order chi connectivity index (χ0) is 46.5. The van der Waals surface area contributed by atoms with Crippen molar-refractivity contribution in [3.8, 4) is 0 Å². The van der Waals surface area contributed by atoms with Gasteiger partial charge in [-0.25, -0.2) is 0 Å². The fourth-order valence-electron chi connectivity index (χ4n) is 8.66. The number of rotatable bonds is 53. The van der Waals surface area contributed by atoms with Gasteiger partial charge in [-0.3, -0.25) is 14.4 Å². The van der Waals surface area contributed by atoms with Crippen LogP contribution in [-0.4, -0.2) is 37.2 Å². The molecule has 0 aliphatic heterocycles. The number of allylic oxidation sites excluding steroid dienone is 2. The molecule has 0 aromatic heterocycles. The van der Waals surface area contributed by atoms with Crippen LogP contribution in [0.1, 0.15) is 323 Å². The highest BCUT2D eigenvalue weighted by Gasteiger charge is 2.19. The second kappa shape index (κ2) is 53.8. The molecule has 1 unspecified atom stereocenters. The average molecular weight is 904 g/mol. The van der Waals surface area contributed by atoms with Gasteiger partial charge in [0.15, 0.2) is 6.10 Å². The van der Waals surface area contributed by atoms with Crippen molar-refractivity contribution >= 4 is 17.9 Å². The first-order valence-corrected chi connectivity index (χ1v) is 28.7. The van der Waals surface area contributed by atoms with E-state index in [2.05, 4.69) is 32.9 Å². The van der Waals surface area contributed by atoms with Crippen molar-refractivity contribution in [1.82, 2.24) is 0 Å². The molecule has 0 fully saturated rings. The molecule has 64 heavy (non-hydrogen) atoms. The minimum Gasteiger partial charge on any atom is -0.462 e. The largest absolute Gasteiger partial charge is 0.462 e. The molecule has 0 rings (SSSR count). The van der Waals surface area contributed by atoms with Crippen molar-refractivity contribution in [2.45, 2.75) is 329 Å². The van der Waals surface area contributed by atoms with E-state index >= 15 is 0 Å². The molecule has 0 bridgehead atoms. The zero-order valence-corrected chi connectivity index (χ0v) is 43.3. The number of hydrogen-bond donors (Lipinski definition) is 0. The molecule has 0 spiro atoms. The van der Waals surface area contributed by atoms with Crippen molar-refractivity contribution in [3.63, 3.8) is 0 Å². The van der Waals surface area contributed by atoms with Crippen molar-refractivity contribution in [2.24, 2.45) is 0 Å². The number of esters is 3. The third kappa shape index (κ3) is 51.1. The molecule has 0 aliphatic rings. The molecule has 1 atom stereocenters. The van der Waals surface area contributed by atoms with E-state index in [4.69, 9.17) is 14.2 Å². The van der Waals surface area contributed by atoms with Crippen molar-refractivity contribution < 1.29 is 28.6 Å². The number of carbonyl (C=O) groups is 3. The number of ether oxygens (including phenoxy) is 3. The Hall–Kier alpha value is -1.85. The first-order valence-electron chi connectivity index (χ1n) is 28.7. The molecule has 0 heterocycles. The zero-order valence-electron chi connectivity index (χ0n) is 43.3. The van der Waals surface area contributed by atoms with Gasteiger partial charge in [-0.1, -0.05) is 277 Å². The molecule has 378 valence electrons. The predicted molar refractivity (Wildman–Crippen MR) is 275 cm³/mol. The van der Waals surface area contributed by atoms with Gasteiger partial charge >= 0.3 is 17.9 Å². The minimum absolute atomic E-state index is 0.0666. The van der Waals surface area contributed by atoms with E-state index in [1.54, 1.807) is 0 Å². The monoisotopic (exact) mass is 903 g/mol. The van der Waals surface area contributed by atoms with Gasteiger partial charge in [-0.15, -0.1) is 0 Å². The van der Waals surface area contributed by atoms with Crippen LogP contribution in [0.5, 0.6) is 0 Å². The summed E-state index contributed by atoms with van der Waals surface area (Å²) < 4.78 is 16.9. The highest BCUT2D eigenvalue weighted by atomic mass is 16.6. The summed E-state index contributed by atoms with van der Waals surface area (Å²) in [5.74, 6) is -0.854. The summed E-state index contributed by atoms with van der Waals surface area (Å²) in [7, 11) is 0. The Bertz CT molecular complexity index is 993. The van der Waals surface area contributed by atoms with E-state index in [1.807, 2.05) is 0 Å². The van der Waals surface area contributed by atoms with E-state index in [-0.39, 0.29) is 31.1 Å². The first-order chi connectivity index (χ1) is 31.5. The molecule has 0 aromatic rings. The van der Waals surface area contributed by atoms with Gasteiger partial charge in [0.25, 0.3) is 0 Å². The normalized spacial score (nSPS) is 12.0. The van der Waals surface area contributed by atoms with E-state index in [0.29, 0.717) is 19.3 Å². The molecule has 0 aromatic carbocycles. The summed E-state index contributed by atoms with van der Waals surface area (Å²) in [5, 5.41) is 0. The van der Waals surface area contributed by atoms with Gasteiger partial charge in [0, 0.05) is 19.3 Å². The van der Waals surface area contributed by atoms with Crippen molar-refractivity contribution in [2.75, 3.05) is 13.2 Å². The van der Waals surface area contributed by atoms with E-state index < -0.39 is 6.10 Å². The van der Waals surface area contributed by atoms with Crippen LogP contribution in [0.3, 0.4) is 0 Å². The summed E-state index contributed by atoms with van der Waals surface area (Å²) >= 11 is 0. The molecular formula is C58H110O6. The third-order valence-corrected chi connectivity index (χ3v) is 13.0. The van der Waals surface area contributed by atoms with Crippen LogP contribution in [0, 0.1) is 0 Å². The standard InChI is InChI=1S/C58H110O6/c1-4-7-10-13-16-19-22-24-26-28-29-30-32-33-36-39-42-45-48-51-57(60)63-54-55(53-62-56(59)50-47-44-41-38-35-21-18-15-12-9-6-3)64-58(61)52-49-46-43-40-37-34-31-27-25-23-20-17-14-11-8-5-2/h15,18,55H,4-14,16-17,19-54H2,1-3H3/b18-15-. The van der Waals surface area contributed by atoms with Gasteiger partial charge in [0.2, 0.25) is 0 Å². The van der Waals surface area contributed by atoms with E-state index in [9.17, 15) is 14.4 Å². The maximum absolute atomic E-state index is 12.8. The van der Waals surface area contributed by atoms with Crippen LogP contribution in [0.4, 0.5) is 0 Å². The average Bonchev–Trinajstić information content (AvgIpc) is 3.29. The van der Waals surface area contributed by atoms with E-state index in [0.717, 1.165) is 64.2 Å². The second-order valence-electron chi connectivity index (χ2n) is 19.6. The Morgan fingerprint density at radius 3 is 0.828 bits per heavy atom. The predicted octanol–water partition coefficient (Wildman–Crippen LogP) is 18.9. The number of unbranched alkanes of at least 4 members (excludes halogenated alkanes) is 40. The van der Waals surface area contributed by atoms with Gasteiger partial charge in [-0.05, 0) is 38.5 Å². The summed E-state index contributed by atoms with van der Waals surface area (Å²) in [6.07, 6.45) is 60.6. The Labute approximate surface area is 399 Å². The van der Waals surface area contributed by atoms with Crippen LogP contribution < -0.4 is 0 Å². The lowest BCUT2D eigenvalue weighted by molar-refractivity contribution is -0.167. The first kappa shape index (κ1) is 62.1. The van der Waals surface area contributed by atoms with Crippen molar-refractivity contribution in [3.05, 3.63) is 12.2 Å². The fraction of sp³-hybridized carbons (Fsp3) is 0.914. The van der Waals surface area contributed by atoms with Gasteiger partial charge in [-0.2, -0.15) is 0 Å². The topological polar surface area (TPSA) is 78.9 Å². The Morgan fingerprint density at radius 2 is 0.531 bits per heavy atom. The molecule has 0 amide bonds. The maximum Gasteiger partial charge on any atom is 0.306 e. The quantitative estimate of drug-likeness (QED) is 0.0262. The lowest BCUT2D eigenvalue weighted by Gasteiger charge is -2.18. The summed E-state index contributed by atoms with van der Waals surface area (Å²) in [5.41, 5.74) is 0. The van der Waals surface area contributed by atoms with Crippen LogP contribution in [0.2, 0.25) is 0 Å². The molecule has 0 N–H and O–H groups in total. The van der Waals surface area contributed by atoms with Crippen LogP contribution in [0.15, 0.2) is 12.2 Å². The summed E-state index contributed by atoms with van der Waals surface area (Å²) in [6, 6.07) is 0. The molecule has 6 heteroatoms. The Kier molecular flexibility index (Phi) is 52.2. The minimum atomic E-state index is -0.767. The number of hydrogen-bond acceptors (Lipinski definition) is 6. The van der Waals surface area contributed by atoms with Gasteiger partial charge < -0.3 is 14.2 Å². The summed E-state index contributed by atoms with van der Waals surface area (Å²) in [6.45, 7) is 6.65. The second-order valence-corrected chi connectivity index (χ2v) is 19.6. The maximum atomic E-state index is 12.8. The summed E-state index contributed by atoms with van der Waals surface area (Å²) in [4.78, 5) is 38.1. The molecule has 6 nitrogen and oxygen atoms in total. The molecule has 0 aliphatic carbocycles. The highest BCUT2D eigenvalue weighted by Crippen LogP contribution is 2.17. The van der Waals surface area contributed by atoms with Gasteiger partial charge in [0.1, 0.15) is 13.2 Å². The van der Waals surface area contributed by atoms with Crippen molar-refractivity contribution in [1.29, 1.82) is 0 Å². The molecular weight excluding hydrogens is 793 g/mol. The molecule has 0 radical (unpaired) electrons. The van der Waals surface area contributed by atoms with Crippen LogP contribution in [-0.2, 0) is 28.6 Å². The Balaban J connectivity index is 4.26. The Morgan fingerprint density at radius 1 is 0.297 bits per heavy atom. The molecule has 0 saturated carbocycles. The van der Waals surface area contributed by atoms with Crippen LogP contribution in [0.25, 0.3) is 0 Å². The smallest absolute Gasteiger partial charge is 0.306 e. The molecule has 0 saturated heterocycles. The van der Waals surface area contributed by atoms with E-state index in [1.165, 1.54) is 218 Å². The number of carbonyl (C=O) groups excluding carboxylic acids is 3. The SMILES string of the molecule is CCCC/C=C\CCCCCCCC(=O)OCC(COC(=O)CCCCCCCCCCCCCCCCCCCCC)OC(=O)CCCCCCCCCCCCCCCCCC. The fourth-order valence-corrected chi connectivity index (χ4v) is 8.66. The lowest BCUT2D eigenvalue weighted by Crippen LogP contribution is -2.30. The third-order valence-electron chi connectivity index (χ3n) is 13.0. The van der Waals surface area contributed by atoms with Gasteiger partial charge in [0.05, 0.1) is 0 Å². The lowest BCUT2D eigenvalue weighted by atomic mass is 10.0.